The van der Waals surface area contributed by atoms with Crippen molar-refractivity contribution >= 4 is 40.9 Å². The molecule has 0 radical (unpaired) electrons. The van der Waals surface area contributed by atoms with Gasteiger partial charge >= 0.3 is 0 Å². The molecule has 0 saturated heterocycles. The first-order valence-electron chi connectivity index (χ1n) is 11.2. The Morgan fingerprint density at radius 2 is 1.66 bits per heavy atom. The predicted octanol–water partition coefficient (Wildman–Crippen LogP) is 6.07. The Morgan fingerprint density at radius 1 is 0.812 bits per heavy atom. The fourth-order valence-corrected chi connectivity index (χ4v) is 5.71. The summed E-state index contributed by atoms with van der Waals surface area (Å²) in [5, 5.41) is 1.27. The maximum Gasteiger partial charge on any atom is 0.164 e. The van der Waals surface area contributed by atoms with Gasteiger partial charge in [0.2, 0.25) is 0 Å². The van der Waals surface area contributed by atoms with Gasteiger partial charge in [-0.25, -0.2) is 15.0 Å². The quantitative estimate of drug-likeness (QED) is 0.370. The normalized spacial score (nSPS) is 15.4. The number of fused-ring (bicyclic) bond motifs is 3. The van der Waals surface area contributed by atoms with Crippen molar-refractivity contribution in [3.8, 4) is 22.8 Å². The molecule has 5 heteroatoms. The predicted molar refractivity (Wildman–Crippen MR) is 137 cm³/mol. The average Bonchev–Trinajstić information content (AvgIpc) is 3.23. The Bertz CT molecular complexity index is 1430. The van der Waals surface area contributed by atoms with Gasteiger partial charge in [-0.15, -0.1) is 16.8 Å². The van der Waals surface area contributed by atoms with E-state index in [9.17, 15) is 0 Å². The van der Waals surface area contributed by atoms with Gasteiger partial charge in [0.05, 0.1) is 0 Å². The number of benzene rings is 2. The highest BCUT2D eigenvalue weighted by molar-refractivity contribution is 7.19. The van der Waals surface area contributed by atoms with Gasteiger partial charge in [0.1, 0.15) is 7.85 Å². The number of hydrogen-bond acceptors (Lipinski definition) is 4. The minimum atomic E-state index is 0.721. The smallest absolute Gasteiger partial charge is 0.164 e. The van der Waals surface area contributed by atoms with E-state index >= 15 is 0 Å². The van der Waals surface area contributed by atoms with Crippen molar-refractivity contribution in [3.05, 3.63) is 88.5 Å². The zero-order chi connectivity index (χ0) is 21.5. The lowest BCUT2D eigenvalue weighted by molar-refractivity contribution is 0.997. The molecule has 0 fully saturated rings. The third-order valence-corrected chi connectivity index (χ3v) is 7.36. The summed E-state index contributed by atoms with van der Waals surface area (Å²) in [5.74, 6) is 2.22. The van der Waals surface area contributed by atoms with Crippen LogP contribution < -0.4 is 0 Å². The standard InChI is InChI=1S/C27H22BN3S/c28-19-14-15-22-21(16-19)24-20(12-7-13-23(24)32-22)27-30-25(17-8-3-1-4-9-17)29-26(31-27)18-10-5-2-6-11-18/h1,3-5,7-13,16H,2,6,14-15,28H2. The molecule has 6 rings (SSSR count). The SMILES string of the molecule is BC1=Cc2c(sc3cccc(-c4nc(C5=CCCC=C5)nc(-c5ccccc5)n4)c23)CC1. The molecule has 2 aromatic carbocycles. The van der Waals surface area contributed by atoms with Crippen LogP contribution in [0.4, 0.5) is 0 Å². The molecule has 154 valence electrons. The van der Waals surface area contributed by atoms with E-state index < -0.39 is 0 Å². The van der Waals surface area contributed by atoms with Crippen LogP contribution in [0.25, 0.3) is 44.5 Å². The second kappa shape index (κ2) is 7.99. The number of rotatable bonds is 3. The summed E-state index contributed by atoms with van der Waals surface area (Å²) >= 11 is 1.91. The molecule has 3 nitrogen and oxygen atoms in total. The van der Waals surface area contributed by atoms with Crippen molar-refractivity contribution in [2.24, 2.45) is 0 Å². The Labute approximate surface area is 192 Å². The Kier molecular flexibility index (Phi) is 4.84. The molecular weight excluding hydrogens is 409 g/mol. The molecule has 0 saturated carbocycles. The molecule has 32 heavy (non-hydrogen) atoms. The Balaban J connectivity index is 1.61. The molecule has 0 amide bonds. The lowest BCUT2D eigenvalue weighted by atomic mass is 9.84. The van der Waals surface area contributed by atoms with Gasteiger partial charge < -0.3 is 0 Å². The van der Waals surface area contributed by atoms with Gasteiger partial charge in [0, 0.05) is 31.7 Å². The number of nitrogens with zero attached hydrogens (tertiary/aromatic N) is 3. The van der Waals surface area contributed by atoms with Gasteiger partial charge in [-0.1, -0.05) is 66.8 Å². The van der Waals surface area contributed by atoms with E-state index in [1.54, 1.807) is 0 Å². The van der Waals surface area contributed by atoms with E-state index in [0.717, 1.165) is 59.9 Å². The van der Waals surface area contributed by atoms with Crippen LogP contribution in [0.15, 0.2) is 72.2 Å². The number of hydrogen-bond donors (Lipinski definition) is 0. The van der Waals surface area contributed by atoms with Crippen molar-refractivity contribution in [1.29, 1.82) is 0 Å². The number of thiophene rings is 1. The van der Waals surface area contributed by atoms with E-state index in [1.807, 2.05) is 29.5 Å². The topological polar surface area (TPSA) is 38.7 Å². The van der Waals surface area contributed by atoms with Crippen LogP contribution in [0.3, 0.4) is 0 Å². The molecule has 0 bridgehead atoms. The van der Waals surface area contributed by atoms with E-state index in [4.69, 9.17) is 15.0 Å². The molecule has 0 aliphatic heterocycles. The molecule has 0 N–H and O–H groups in total. The number of aromatic nitrogens is 3. The summed E-state index contributed by atoms with van der Waals surface area (Å²) in [6.45, 7) is 0. The third-order valence-electron chi connectivity index (χ3n) is 6.13. The van der Waals surface area contributed by atoms with E-state index in [0.29, 0.717) is 0 Å². The zero-order valence-electron chi connectivity index (χ0n) is 18.0. The fourth-order valence-electron chi connectivity index (χ4n) is 4.50. The van der Waals surface area contributed by atoms with Crippen molar-refractivity contribution in [1.82, 2.24) is 15.0 Å². The van der Waals surface area contributed by atoms with Crippen LogP contribution in [-0.4, -0.2) is 22.8 Å². The summed E-state index contributed by atoms with van der Waals surface area (Å²) in [6, 6.07) is 16.7. The van der Waals surface area contributed by atoms with Crippen LogP contribution in [0, 0.1) is 0 Å². The lowest BCUT2D eigenvalue weighted by Gasteiger charge is -2.13. The van der Waals surface area contributed by atoms with Crippen molar-refractivity contribution in [3.63, 3.8) is 0 Å². The minimum Gasteiger partial charge on any atom is -0.208 e. The van der Waals surface area contributed by atoms with Crippen LogP contribution in [0.2, 0.25) is 0 Å². The van der Waals surface area contributed by atoms with Crippen LogP contribution >= 0.6 is 11.3 Å². The minimum absolute atomic E-state index is 0.721. The van der Waals surface area contributed by atoms with Crippen LogP contribution in [-0.2, 0) is 6.42 Å². The van der Waals surface area contributed by atoms with Gasteiger partial charge in [-0.2, -0.15) is 0 Å². The van der Waals surface area contributed by atoms with Gasteiger partial charge in [-0.05, 0) is 37.3 Å². The summed E-state index contributed by atoms with van der Waals surface area (Å²) < 4.78 is 1.30. The van der Waals surface area contributed by atoms with Crippen molar-refractivity contribution < 1.29 is 0 Å². The highest BCUT2D eigenvalue weighted by atomic mass is 32.1. The largest absolute Gasteiger partial charge is 0.208 e. The zero-order valence-corrected chi connectivity index (χ0v) is 18.8. The molecule has 4 aromatic rings. The number of allylic oxidation sites excluding steroid dienone is 5. The Hall–Kier alpha value is -3.31. The molecule has 2 aromatic heterocycles. The molecular formula is C27H22BN3S. The first-order valence-corrected chi connectivity index (χ1v) is 12.0. The molecule has 0 spiro atoms. The summed E-state index contributed by atoms with van der Waals surface area (Å²) in [7, 11) is 2.23. The summed E-state index contributed by atoms with van der Waals surface area (Å²) in [5.41, 5.74) is 5.96. The molecule has 2 heterocycles. The summed E-state index contributed by atoms with van der Waals surface area (Å²) in [6.07, 6.45) is 13.3. The average molecular weight is 431 g/mol. The van der Waals surface area contributed by atoms with E-state index in [1.165, 1.54) is 26.0 Å². The van der Waals surface area contributed by atoms with E-state index in [2.05, 4.69) is 62.5 Å². The van der Waals surface area contributed by atoms with Crippen molar-refractivity contribution in [2.75, 3.05) is 0 Å². The molecule has 0 atom stereocenters. The van der Waals surface area contributed by atoms with Crippen LogP contribution in [0.5, 0.6) is 0 Å². The number of aryl methyl sites for hydroxylation is 1. The maximum absolute atomic E-state index is 4.99. The van der Waals surface area contributed by atoms with Gasteiger partial charge in [-0.3, -0.25) is 0 Å². The summed E-state index contributed by atoms with van der Waals surface area (Å²) in [4.78, 5) is 16.3. The highest BCUT2D eigenvalue weighted by Gasteiger charge is 2.20. The second-order valence-electron chi connectivity index (χ2n) is 8.42. The molecule has 2 aliphatic carbocycles. The van der Waals surface area contributed by atoms with Crippen LogP contribution in [0.1, 0.15) is 35.5 Å². The third kappa shape index (κ3) is 3.43. The Morgan fingerprint density at radius 3 is 2.50 bits per heavy atom. The fraction of sp³-hybridized carbons (Fsp3) is 0.148. The monoisotopic (exact) mass is 431 g/mol. The molecule has 0 unspecified atom stereocenters. The maximum atomic E-state index is 4.99. The first kappa shape index (κ1) is 19.4. The lowest BCUT2D eigenvalue weighted by Crippen LogP contribution is -2.03. The highest BCUT2D eigenvalue weighted by Crippen LogP contribution is 2.41. The second-order valence-corrected chi connectivity index (χ2v) is 9.56. The van der Waals surface area contributed by atoms with Crippen molar-refractivity contribution in [2.45, 2.75) is 25.7 Å². The first-order chi connectivity index (χ1) is 15.8. The van der Waals surface area contributed by atoms with Gasteiger partial charge in [0.25, 0.3) is 0 Å². The molecule has 2 aliphatic rings. The van der Waals surface area contributed by atoms with E-state index in [-0.39, 0.29) is 0 Å². The van der Waals surface area contributed by atoms with Gasteiger partial charge in [0.15, 0.2) is 17.5 Å².